The second-order valence-electron chi connectivity index (χ2n) is 6.45. The highest BCUT2D eigenvalue weighted by Gasteiger charge is 2.20. The number of rotatable bonds is 5. The number of hydrogen-bond acceptors (Lipinski definition) is 4. The summed E-state index contributed by atoms with van der Waals surface area (Å²) in [6.07, 6.45) is 6.95. The molecule has 142 valence electrons. The second kappa shape index (κ2) is 8.62. The second-order valence-corrected chi connectivity index (χ2v) is 6.45. The Morgan fingerprint density at radius 2 is 2.11 bits per heavy atom. The third-order valence-electron chi connectivity index (χ3n) is 4.60. The van der Waals surface area contributed by atoms with Gasteiger partial charge < -0.3 is 9.64 Å². The summed E-state index contributed by atoms with van der Waals surface area (Å²) in [5.74, 6) is -0.290. The molecule has 27 heavy (non-hydrogen) atoms. The van der Waals surface area contributed by atoms with Gasteiger partial charge in [-0.1, -0.05) is 22.9 Å². The van der Waals surface area contributed by atoms with Crippen LogP contribution in [0, 0.1) is 5.82 Å². The molecule has 7 heteroatoms. The van der Waals surface area contributed by atoms with Crippen LogP contribution in [0.3, 0.4) is 0 Å². The Morgan fingerprint density at radius 1 is 1.33 bits per heavy atom. The zero-order valence-corrected chi connectivity index (χ0v) is 15.6. The van der Waals surface area contributed by atoms with Crippen LogP contribution in [0.15, 0.2) is 48.2 Å². The van der Waals surface area contributed by atoms with Crippen molar-refractivity contribution in [2.24, 2.45) is 0 Å². The van der Waals surface area contributed by atoms with Gasteiger partial charge in [0.2, 0.25) is 0 Å². The summed E-state index contributed by atoms with van der Waals surface area (Å²) < 4.78 is 20.0. The van der Waals surface area contributed by atoms with Gasteiger partial charge in [-0.15, -0.1) is 5.10 Å². The van der Waals surface area contributed by atoms with Crippen LogP contribution in [-0.2, 0) is 4.74 Å². The third kappa shape index (κ3) is 4.81. The predicted molar refractivity (Wildman–Crippen MR) is 101 cm³/mol. The van der Waals surface area contributed by atoms with Crippen molar-refractivity contribution in [3.05, 3.63) is 59.7 Å². The molecule has 1 amide bonds. The zero-order chi connectivity index (χ0) is 19.2. The molecule has 1 aliphatic rings. The number of carbonyl (C=O) groups is 1. The van der Waals surface area contributed by atoms with E-state index in [0.29, 0.717) is 26.1 Å². The Labute approximate surface area is 157 Å². The first-order chi connectivity index (χ1) is 13.1. The molecule has 0 N–H and O–H groups in total. The molecule has 0 radical (unpaired) electrons. The van der Waals surface area contributed by atoms with E-state index in [9.17, 15) is 9.18 Å². The number of halogens is 1. The summed E-state index contributed by atoms with van der Waals surface area (Å²) in [7, 11) is 0. The fourth-order valence-corrected chi connectivity index (χ4v) is 2.73. The number of benzene rings is 1. The first-order valence-electron chi connectivity index (χ1n) is 8.98. The summed E-state index contributed by atoms with van der Waals surface area (Å²) in [6, 6.07) is 6.07. The van der Waals surface area contributed by atoms with Crippen molar-refractivity contribution in [1.29, 1.82) is 0 Å². The van der Waals surface area contributed by atoms with Crippen LogP contribution in [0.5, 0.6) is 0 Å². The van der Waals surface area contributed by atoms with Crippen molar-refractivity contribution >= 4 is 11.7 Å². The van der Waals surface area contributed by atoms with Gasteiger partial charge in [0, 0.05) is 19.5 Å². The van der Waals surface area contributed by atoms with Gasteiger partial charge in [-0.05, 0) is 50.1 Å². The van der Waals surface area contributed by atoms with E-state index in [2.05, 4.69) is 10.3 Å². The minimum absolute atomic E-state index is 0.288. The predicted octanol–water partition coefficient (Wildman–Crippen LogP) is 3.99. The molecule has 0 fully saturated rings. The van der Waals surface area contributed by atoms with E-state index >= 15 is 0 Å². The van der Waals surface area contributed by atoms with Crippen molar-refractivity contribution < 1.29 is 13.9 Å². The highest BCUT2D eigenvalue weighted by Crippen LogP contribution is 2.21. The summed E-state index contributed by atoms with van der Waals surface area (Å²) in [6.45, 7) is 5.45. The van der Waals surface area contributed by atoms with E-state index in [4.69, 9.17) is 4.74 Å². The van der Waals surface area contributed by atoms with Gasteiger partial charge >= 0.3 is 6.09 Å². The molecular formula is C20H23FN4O2. The fraction of sp³-hybridized carbons (Fsp3) is 0.350. The van der Waals surface area contributed by atoms with Crippen molar-refractivity contribution in [3.8, 4) is 5.69 Å². The number of amides is 1. The Bertz CT molecular complexity index is 855. The molecule has 0 unspecified atom stereocenters. The average Bonchev–Trinajstić information content (AvgIpc) is 3.18. The van der Waals surface area contributed by atoms with Gasteiger partial charge in [0.1, 0.15) is 11.5 Å². The van der Waals surface area contributed by atoms with Crippen molar-refractivity contribution in [2.45, 2.75) is 26.7 Å². The number of hydrogen-bond donors (Lipinski definition) is 0. The maximum atomic E-state index is 13.0. The van der Waals surface area contributed by atoms with Gasteiger partial charge in [-0.25, -0.2) is 13.9 Å². The molecule has 1 aromatic carbocycles. The van der Waals surface area contributed by atoms with Crippen LogP contribution < -0.4 is 0 Å². The van der Waals surface area contributed by atoms with Gasteiger partial charge in [-0.3, -0.25) is 0 Å². The highest BCUT2D eigenvalue weighted by molar-refractivity contribution is 5.71. The minimum atomic E-state index is -0.290. The molecule has 2 aromatic rings. The van der Waals surface area contributed by atoms with E-state index in [1.807, 2.05) is 32.2 Å². The molecule has 0 saturated heterocycles. The normalized spacial score (nSPS) is 14.9. The molecule has 0 spiro atoms. The molecule has 6 nitrogen and oxygen atoms in total. The molecule has 0 atom stereocenters. The lowest BCUT2D eigenvalue weighted by Crippen LogP contribution is -2.35. The van der Waals surface area contributed by atoms with Crippen LogP contribution in [0.1, 0.15) is 32.4 Å². The fourth-order valence-electron chi connectivity index (χ4n) is 2.73. The molecule has 2 heterocycles. The monoisotopic (exact) mass is 370 g/mol. The summed E-state index contributed by atoms with van der Waals surface area (Å²) in [4.78, 5) is 13.8. The molecule has 0 bridgehead atoms. The van der Waals surface area contributed by atoms with E-state index in [1.165, 1.54) is 17.7 Å². The van der Waals surface area contributed by atoms with E-state index in [-0.39, 0.29) is 11.9 Å². The zero-order valence-electron chi connectivity index (χ0n) is 15.6. The van der Waals surface area contributed by atoms with Crippen LogP contribution in [0.25, 0.3) is 11.3 Å². The number of allylic oxidation sites excluding steroid dienone is 1. The first-order valence-corrected chi connectivity index (χ1v) is 8.98. The van der Waals surface area contributed by atoms with Gasteiger partial charge in [-0.2, -0.15) is 0 Å². The maximum absolute atomic E-state index is 13.0. The average molecular weight is 370 g/mol. The van der Waals surface area contributed by atoms with Gasteiger partial charge in [0.25, 0.3) is 0 Å². The molecule has 3 rings (SSSR count). The number of nitrogens with zero attached hydrogens (tertiary/aromatic N) is 4. The van der Waals surface area contributed by atoms with Crippen molar-refractivity contribution in [1.82, 2.24) is 19.9 Å². The number of aromatic nitrogens is 3. The molecule has 0 aliphatic carbocycles. The summed E-state index contributed by atoms with van der Waals surface area (Å²) in [5.41, 5.74) is 3.74. The van der Waals surface area contributed by atoms with Crippen LogP contribution in [-0.4, -0.2) is 45.7 Å². The number of carbonyl (C=O) groups excluding carboxylic acids is 1. The lowest BCUT2D eigenvalue weighted by Gasteiger charge is -2.25. The standard InChI is InChI=1S/C20H23FN4O2/c1-3-15(2)10-13-27-20(26)24-11-8-16(9-12-24)19-14-25(23-22-19)18-6-4-17(21)5-7-18/h3-8,14H,9-13H2,1-2H3/b15-3+. The van der Waals surface area contributed by atoms with Gasteiger partial charge in [0.05, 0.1) is 18.5 Å². The van der Waals surface area contributed by atoms with E-state index in [0.717, 1.165) is 23.4 Å². The molecule has 1 aromatic heterocycles. The van der Waals surface area contributed by atoms with E-state index < -0.39 is 0 Å². The lowest BCUT2D eigenvalue weighted by molar-refractivity contribution is 0.107. The van der Waals surface area contributed by atoms with Gasteiger partial charge in [0.15, 0.2) is 0 Å². The minimum Gasteiger partial charge on any atom is -0.449 e. The van der Waals surface area contributed by atoms with Crippen LogP contribution >= 0.6 is 0 Å². The molecule has 0 saturated carbocycles. The molecule has 1 aliphatic heterocycles. The van der Waals surface area contributed by atoms with Crippen LogP contribution in [0.2, 0.25) is 0 Å². The summed E-state index contributed by atoms with van der Waals surface area (Å²) >= 11 is 0. The topological polar surface area (TPSA) is 60.2 Å². The first kappa shape index (κ1) is 18.8. The van der Waals surface area contributed by atoms with Crippen molar-refractivity contribution in [3.63, 3.8) is 0 Å². The van der Waals surface area contributed by atoms with Crippen molar-refractivity contribution in [2.75, 3.05) is 19.7 Å². The quantitative estimate of drug-likeness (QED) is 0.747. The lowest BCUT2D eigenvalue weighted by atomic mass is 10.1. The highest BCUT2D eigenvalue weighted by atomic mass is 19.1. The molecular weight excluding hydrogens is 347 g/mol. The largest absolute Gasteiger partial charge is 0.449 e. The smallest absolute Gasteiger partial charge is 0.410 e. The summed E-state index contributed by atoms with van der Waals surface area (Å²) in [5, 5.41) is 8.30. The van der Waals surface area contributed by atoms with Crippen LogP contribution in [0.4, 0.5) is 9.18 Å². The Kier molecular flexibility index (Phi) is 6.01. The number of ether oxygens (including phenoxy) is 1. The SMILES string of the molecule is C/C=C(\C)CCOC(=O)N1CC=C(c2cn(-c3ccc(F)cc3)nn2)CC1. The Hall–Kier alpha value is -2.96. The van der Waals surface area contributed by atoms with E-state index in [1.54, 1.807) is 21.7 Å². The maximum Gasteiger partial charge on any atom is 0.410 e. The Balaban J connectivity index is 1.57. The third-order valence-corrected chi connectivity index (χ3v) is 4.60. The Morgan fingerprint density at radius 3 is 2.78 bits per heavy atom.